The van der Waals surface area contributed by atoms with Crippen LogP contribution in [0.15, 0.2) is 0 Å². The number of ether oxygens (including phenoxy) is 1. The highest BCUT2D eigenvalue weighted by molar-refractivity contribution is 7.88. The van der Waals surface area contributed by atoms with Gasteiger partial charge in [-0.2, -0.15) is 0 Å². The molecular weight excluding hydrogens is 198 g/mol. The second-order valence-electron chi connectivity index (χ2n) is 2.53. The van der Waals surface area contributed by atoms with Gasteiger partial charge in [-0.1, -0.05) is 0 Å². The molecule has 0 saturated carbocycles. The highest BCUT2D eigenvalue weighted by Crippen LogP contribution is 1.91. The Morgan fingerprint density at radius 3 is 2.46 bits per heavy atom. The van der Waals surface area contributed by atoms with E-state index in [1.807, 2.05) is 0 Å². The van der Waals surface area contributed by atoms with E-state index in [1.54, 1.807) is 0 Å². The molecule has 13 heavy (non-hydrogen) atoms. The van der Waals surface area contributed by atoms with Crippen molar-refractivity contribution in [2.45, 2.75) is 0 Å². The molecule has 0 spiro atoms. The van der Waals surface area contributed by atoms with Crippen molar-refractivity contribution >= 4 is 16.0 Å². The van der Waals surface area contributed by atoms with E-state index < -0.39 is 22.6 Å². The summed E-state index contributed by atoms with van der Waals surface area (Å²) in [6.07, 6.45) is 1.07. The van der Waals surface area contributed by atoms with E-state index in [4.69, 9.17) is 5.11 Å². The summed E-state index contributed by atoms with van der Waals surface area (Å²) in [5.74, 6) is -1.07. The number of nitrogens with zero attached hydrogens (tertiary/aromatic N) is 1. The van der Waals surface area contributed by atoms with Gasteiger partial charge in [0.2, 0.25) is 10.0 Å². The lowest BCUT2D eigenvalue weighted by Crippen LogP contribution is -2.29. The fourth-order valence-electron chi connectivity index (χ4n) is 0.518. The van der Waals surface area contributed by atoms with E-state index in [0.717, 1.165) is 10.6 Å². The highest BCUT2D eigenvalue weighted by Gasteiger charge is 2.09. The first-order valence-electron chi connectivity index (χ1n) is 3.55. The third kappa shape index (κ3) is 6.50. The topological polar surface area (TPSA) is 83.9 Å². The Hall–Kier alpha value is -0.660. The SMILES string of the molecule is CN(CCOCC(=O)O)S(C)(=O)=O. The molecule has 0 rings (SSSR count). The Labute approximate surface area is 77.2 Å². The van der Waals surface area contributed by atoms with Crippen molar-refractivity contribution in [1.29, 1.82) is 0 Å². The lowest BCUT2D eigenvalue weighted by atomic mass is 10.7. The number of rotatable bonds is 6. The van der Waals surface area contributed by atoms with Crippen LogP contribution in [0.3, 0.4) is 0 Å². The van der Waals surface area contributed by atoms with E-state index in [0.29, 0.717) is 0 Å². The maximum absolute atomic E-state index is 10.8. The standard InChI is InChI=1S/C6H13NO5S/c1-7(13(2,10)11)3-4-12-5-6(8)9/h3-5H2,1-2H3,(H,8,9). The molecule has 0 aromatic heterocycles. The second kappa shape index (κ2) is 5.15. The van der Waals surface area contributed by atoms with Gasteiger partial charge in [0.05, 0.1) is 12.9 Å². The average Bonchev–Trinajstić information content (AvgIpc) is 1.95. The Kier molecular flexibility index (Phi) is 4.89. The van der Waals surface area contributed by atoms with Crippen LogP contribution in [0, 0.1) is 0 Å². The molecule has 78 valence electrons. The number of carboxylic acid groups (broad SMARTS) is 1. The van der Waals surface area contributed by atoms with Crippen LogP contribution in [0.4, 0.5) is 0 Å². The molecule has 0 aliphatic rings. The molecule has 0 unspecified atom stereocenters. The fraction of sp³-hybridized carbons (Fsp3) is 0.833. The molecule has 1 N–H and O–H groups in total. The number of sulfonamides is 1. The maximum Gasteiger partial charge on any atom is 0.329 e. The predicted octanol–water partition coefficient (Wildman–Crippen LogP) is -1.02. The molecule has 7 heteroatoms. The van der Waals surface area contributed by atoms with Crippen molar-refractivity contribution in [3.8, 4) is 0 Å². The number of carbonyl (C=O) groups is 1. The molecule has 0 aromatic rings. The monoisotopic (exact) mass is 211 g/mol. The summed E-state index contributed by atoms with van der Waals surface area (Å²) in [6.45, 7) is -0.167. The van der Waals surface area contributed by atoms with Gasteiger partial charge in [-0.25, -0.2) is 17.5 Å². The first-order valence-corrected chi connectivity index (χ1v) is 5.39. The summed E-state index contributed by atoms with van der Waals surface area (Å²) in [7, 11) is -1.80. The van der Waals surface area contributed by atoms with Crippen LogP contribution in [-0.4, -0.2) is 56.9 Å². The molecule has 0 atom stereocenters. The van der Waals surface area contributed by atoms with Crippen LogP contribution in [0.5, 0.6) is 0 Å². The van der Waals surface area contributed by atoms with Crippen molar-refractivity contribution < 1.29 is 23.1 Å². The van der Waals surface area contributed by atoms with Crippen LogP contribution in [-0.2, 0) is 19.6 Å². The summed E-state index contributed by atoms with van der Waals surface area (Å²) in [4.78, 5) is 9.98. The van der Waals surface area contributed by atoms with Gasteiger partial charge in [-0.15, -0.1) is 0 Å². The molecule has 0 saturated heterocycles. The first kappa shape index (κ1) is 12.3. The molecular formula is C6H13NO5S. The Balaban J connectivity index is 3.61. The number of carboxylic acids is 1. The van der Waals surface area contributed by atoms with E-state index >= 15 is 0 Å². The van der Waals surface area contributed by atoms with E-state index in [2.05, 4.69) is 4.74 Å². The summed E-state index contributed by atoms with van der Waals surface area (Å²) in [5.41, 5.74) is 0. The van der Waals surface area contributed by atoms with Gasteiger partial charge in [-0.05, 0) is 0 Å². The fourth-order valence-corrected chi connectivity index (χ4v) is 0.925. The van der Waals surface area contributed by atoms with Gasteiger partial charge < -0.3 is 9.84 Å². The molecule has 0 aromatic carbocycles. The summed E-state index contributed by atoms with van der Waals surface area (Å²) >= 11 is 0. The minimum Gasteiger partial charge on any atom is -0.480 e. The van der Waals surface area contributed by atoms with Crippen LogP contribution >= 0.6 is 0 Å². The van der Waals surface area contributed by atoms with Crippen molar-refractivity contribution in [3.63, 3.8) is 0 Å². The van der Waals surface area contributed by atoms with Crippen LogP contribution in [0.2, 0.25) is 0 Å². The van der Waals surface area contributed by atoms with Crippen LogP contribution < -0.4 is 0 Å². The van der Waals surface area contributed by atoms with Crippen molar-refractivity contribution in [2.24, 2.45) is 0 Å². The zero-order valence-corrected chi connectivity index (χ0v) is 8.37. The van der Waals surface area contributed by atoms with Gasteiger partial charge in [0.15, 0.2) is 0 Å². The molecule has 0 aliphatic carbocycles. The van der Waals surface area contributed by atoms with Gasteiger partial charge in [0, 0.05) is 13.6 Å². The van der Waals surface area contributed by atoms with Crippen LogP contribution in [0.1, 0.15) is 0 Å². The van der Waals surface area contributed by atoms with Crippen LogP contribution in [0.25, 0.3) is 0 Å². The van der Waals surface area contributed by atoms with E-state index in [1.165, 1.54) is 7.05 Å². The Morgan fingerprint density at radius 2 is 2.08 bits per heavy atom. The number of hydrogen-bond donors (Lipinski definition) is 1. The largest absolute Gasteiger partial charge is 0.480 e. The third-order valence-corrected chi connectivity index (χ3v) is 2.66. The normalized spacial score (nSPS) is 11.9. The van der Waals surface area contributed by atoms with Crippen molar-refractivity contribution in [1.82, 2.24) is 4.31 Å². The number of hydrogen-bond acceptors (Lipinski definition) is 4. The molecule has 0 amide bonds. The summed E-state index contributed by atoms with van der Waals surface area (Å²) < 4.78 is 27.4. The number of likely N-dealkylation sites (N-methyl/N-ethyl adjacent to an activating group) is 1. The number of aliphatic carboxylic acids is 1. The van der Waals surface area contributed by atoms with Gasteiger partial charge in [0.25, 0.3) is 0 Å². The Bertz CT molecular complexity index is 260. The lowest BCUT2D eigenvalue weighted by Gasteiger charge is -2.12. The highest BCUT2D eigenvalue weighted by atomic mass is 32.2. The predicted molar refractivity (Wildman–Crippen MR) is 45.9 cm³/mol. The van der Waals surface area contributed by atoms with E-state index in [9.17, 15) is 13.2 Å². The quantitative estimate of drug-likeness (QED) is 0.568. The second-order valence-corrected chi connectivity index (χ2v) is 4.62. The maximum atomic E-state index is 10.8. The minimum atomic E-state index is -3.20. The molecule has 6 nitrogen and oxygen atoms in total. The molecule has 0 fully saturated rings. The third-order valence-electron chi connectivity index (χ3n) is 1.34. The molecule has 0 aliphatic heterocycles. The minimum absolute atomic E-state index is 0.0792. The van der Waals surface area contributed by atoms with E-state index in [-0.39, 0.29) is 13.2 Å². The Morgan fingerprint density at radius 1 is 1.54 bits per heavy atom. The van der Waals surface area contributed by atoms with Gasteiger partial charge >= 0.3 is 5.97 Å². The molecule has 0 radical (unpaired) electrons. The average molecular weight is 211 g/mol. The first-order chi connectivity index (χ1) is 5.84. The van der Waals surface area contributed by atoms with Crippen molar-refractivity contribution in [3.05, 3.63) is 0 Å². The zero-order valence-electron chi connectivity index (χ0n) is 7.56. The zero-order chi connectivity index (χ0) is 10.5. The summed E-state index contributed by atoms with van der Waals surface area (Å²) in [5, 5.41) is 8.18. The van der Waals surface area contributed by atoms with Gasteiger partial charge in [-0.3, -0.25) is 0 Å². The lowest BCUT2D eigenvalue weighted by molar-refractivity contribution is -0.142. The summed E-state index contributed by atoms with van der Waals surface area (Å²) in [6, 6.07) is 0. The smallest absolute Gasteiger partial charge is 0.329 e. The molecule has 0 heterocycles. The van der Waals surface area contributed by atoms with Crippen molar-refractivity contribution in [2.75, 3.05) is 33.1 Å². The van der Waals surface area contributed by atoms with Gasteiger partial charge in [0.1, 0.15) is 6.61 Å². The molecule has 0 bridgehead atoms.